The molecule has 0 aromatic heterocycles. The summed E-state index contributed by atoms with van der Waals surface area (Å²) >= 11 is 0. The van der Waals surface area contributed by atoms with Crippen molar-refractivity contribution in [3.05, 3.63) is 41.9 Å². The number of rotatable bonds is 3. The summed E-state index contributed by atoms with van der Waals surface area (Å²) in [4.78, 5) is 10.7. The van der Waals surface area contributed by atoms with Crippen LogP contribution in [0.15, 0.2) is 30.5 Å². The lowest BCUT2D eigenvalue weighted by atomic mass is 10.2. The van der Waals surface area contributed by atoms with Crippen LogP contribution < -0.4 is 5.32 Å². The van der Waals surface area contributed by atoms with Gasteiger partial charge in [-0.2, -0.15) is 0 Å². The van der Waals surface area contributed by atoms with E-state index in [1.165, 1.54) is 25.5 Å². The molecule has 1 N–H and O–H groups in total. The molecule has 0 spiro atoms. The maximum atomic E-state index is 13.1. The number of esters is 1. The molecule has 80 valence electrons. The van der Waals surface area contributed by atoms with Gasteiger partial charge in [-0.1, -0.05) is 6.07 Å². The van der Waals surface area contributed by atoms with Gasteiger partial charge < -0.3 is 10.1 Å². The van der Waals surface area contributed by atoms with Gasteiger partial charge in [0.25, 0.3) is 0 Å². The summed E-state index contributed by atoms with van der Waals surface area (Å²) in [5.41, 5.74) is 1.16. The van der Waals surface area contributed by atoms with E-state index in [4.69, 9.17) is 0 Å². The lowest BCUT2D eigenvalue weighted by Crippen LogP contribution is -1.96. The first-order chi connectivity index (χ1) is 7.13. The van der Waals surface area contributed by atoms with Gasteiger partial charge in [0.05, 0.1) is 7.11 Å². The predicted octanol–water partition coefficient (Wildman–Crippen LogP) is 2.23. The topological polar surface area (TPSA) is 38.3 Å². The quantitative estimate of drug-likeness (QED) is 0.612. The summed E-state index contributed by atoms with van der Waals surface area (Å²) in [6.45, 7) is 1.68. The molecule has 1 rings (SSSR count). The van der Waals surface area contributed by atoms with E-state index in [1.807, 2.05) is 0 Å². The maximum Gasteiger partial charge on any atom is 0.331 e. The first-order valence-electron chi connectivity index (χ1n) is 4.40. The van der Waals surface area contributed by atoms with Crippen molar-refractivity contribution >= 4 is 11.7 Å². The Morgan fingerprint density at radius 2 is 2.27 bits per heavy atom. The number of ether oxygens (including phenoxy) is 1. The number of hydrogen-bond donors (Lipinski definition) is 1. The molecular formula is C11H12FNO2. The Labute approximate surface area is 87.6 Å². The molecule has 1 aromatic carbocycles. The molecule has 0 saturated carbocycles. The van der Waals surface area contributed by atoms with Gasteiger partial charge in [0.2, 0.25) is 0 Å². The van der Waals surface area contributed by atoms with Crippen molar-refractivity contribution in [3.63, 3.8) is 0 Å². The normalized spacial score (nSPS) is 10.3. The molecule has 0 bridgehead atoms. The second-order valence-electron chi connectivity index (χ2n) is 2.96. The number of halogens is 1. The lowest BCUT2D eigenvalue weighted by molar-refractivity contribution is -0.134. The highest BCUT2D eigenvalue weighted by Gasteiger charge is 1.97. The van der Waals surface area contributed by atoms with Crippen LogP contribution in [0.3, 0.4) is 0 Å². The van der Waals surface area contributed by atoms with Crippen molar-refractivity contribution in [2.24, 2.45) is 0 Å². The Bertz CT molecular complexity index is 388. The average molecular weight is 209 g/mol. The minimum absolute atomic E-state index is 0.286. The van der Waals surface area contributed by atoms with Gasteiger partial charge in [-0.05, 0) is 24.6 Å². The molecule has 0 saturated heterocycles. The van der Waals surface area contributed by atoms with E-state index in [0.717, 1.165) is 0 Å². The van der Waals surface area contributed by atoms with E-state index in [1.54, 1.807) is 19.1 Å². The molecule has 0 heterocycles. The third-order valence-corrected chi connectivity index (χ3v) is 1.84. The van der Waals surface area contributed by atoms with Crippen LogP contribution in [-0.4, -0.2) is 13.1 Å². The summed E-state index contributed by atoms with van der Waals surface area (Å²) in [7, 11) is 1.29. The fourth-order valence-electron chi connectivity index (χ4n) is 0.957. The van der Waals surface area contributed by atoms with Gasteiger partial charge in [0, 0.05) is 18.0 Å². The van der Waals surface area contributed by atoms with E-state index in [0.29, 0.717) is 11.3 Å². The summed E-state index contributed by atoms with van der Waals surface area (Å²) in [6.07, 6.45) is 2.62. The first-order valence-corrected chi connectivity index (χ1v) is 4.40. The number of anilines is 1. The maximum absolute atomic E-state index is 13.1. The first kappa shape index (κ1) is 11.2. The molecule has 0 aliphatic rings. The second kappa shape index (κ2) is 5.14. The Kier molecular flexibility index (Phi) is 3.85. The van der Waals surface area contributed by atoms with Gasteiger partial charge in [0.1, 0.15) is 5.82 Å². The van der Waals surface area contributed by atoms with E-state index in [-0.39, 0.29) is 5.82 Å². The number of carbonyl (C=O) groups is 1. The summed E-state index contributed by atoms with van der Waals surface area (Å²) in [5.74, 6) is -0.749. The van der Waals surface area contributed by atoms with Crippen LogP contribution in [0.25, 0.3) is 0 Å². The van der Waals surface area contributed by atoms with Gasteiger partial charge in [-0.3, -0.25) is 0 Å². The number of carbonyl (C=O) groups excluding carboxylic acids is 1. The van der Waals surface area contributed by atoms with Crippen LogP contribution >= 0.6 is 0 Å². The number of aryl methyl sites for hydroxylation is 1. The molecule has 0 aliphatic heterocycles. The van der Waals surface area contributed by atoms with Crippen LogP contribution in [0.5, 0.6) is 0 Å². The van der Waals surface area contributed by atoms with Crippen molar-refractivity contribution in [2.75, 3.05) is 12.4 Å². The zero-order valence-electron chi connectivity index (χ0n) is 8.58. The fourth-order valence-corrected chi connectivity index (χ4v) is 0.957. The largest absolute Gasteiger partial charge is 0.466 e. The fraction of sp³-hybridized carbons (Fsp3) is 0.182. The van der Waals surface area contributed by atoms with Crippen molar-refractivity contribution in [3.8, 4) is 0 Å². The third kappa shape index (κ3) is 3.42. The average Bonchev–Trinajstić information content (AvgIpc) is 2.23. The molecule has 0 aliphatic carbocycles. The molecule has 3 nitrogen and oxygen atoms in total. The number of benzene rings is 1. The monoisotopic (exact) mass is 209 g/mol. The SMILES string of the molecule is COC(=O)/C=C/Nc1ccc(C)c(F)c1. The summed E-state index contributed by atoms with van der Waals surface area (Å²) in [5, 5.41) is 2.76. The zero-order valence-corrected chi connectivity index (χ0v) is 8.58. The molecule has 0 radical (unpaired) electrons. The van der Waals surface area contributed by atoms with Crippen molar-refractivity contribution in [1.29, 1.82) is 0 Å². The van der Waals surface area contributed by atoms with Gasteiger partial charge >= 0.3 is 5.97 Å². The summed E-state index contributed by atoms with van der Waals surface area (Å²) < 4.78 is 17.5. The Morgan fingerprint density at radius 1 is 1.53 bits per heavy atom. The van der Waals surface area contributed by atoms with Crippen LogP contribution in [0.2, 0.25) is 0 Å². The standard InChI is InChI=1S/C11H12FNO2/c1-8-3-4-9(7-10(8)12)13-6-5-11(14)15-2/h3-7,13H,1-2H3/b6-5+. The van der Waals surface area contributed by atoms with Gasteiger partial charge in [-0.15, -0.1) is 0 Å². The van der Waals surface area contributed by atoms with Crippen LogP contribution in [0, 0.1) is 12.7 Å². The molecule has 0 atom stereocenters. The Balaban J connectivity index is 2.62. The molecule has 0 amide bonds. The molecule has 4 heteroatoms. The van der Waals surface area contributed by atoms with Crippen LogP contribution in [-0.2, 0) is 9.53 Å². The Morgan fingerprint density at radius 3 is 2.87 bits per heavy atom. The van der Waals surface area contributed by atoms with Gasteiger partial charge in [0.15, 0.2) is 0 Å². The number of methoxy groups -OCH3 is 1. The van der Waals surface area contributed by atoms with Crippen LogP contribution in [0.1, 0.15) is 5.56 Å². The second-order valence-corrected chi connectivity index (χ2v) is 2.96. The molecule has 0 fully saturated rings. The Hall–Kier alpha value is -1.84. The molecule has 1 aromatic rings. The van der Waals surface area contributed by atoms with E-state index < -0.39 is 5.97 Å². The van der Waals surface area contributed by atoms with E-state index in [2.05, 4.69) is 10.1 Å². The third-order valence-electron chi connectivity index (χ3n) is 1.84. The van der Waals surface area contributed by atoms with Crippen LogP contribution in [0.4, 0.5) is 10.1 Å². The lowest BCUT2D eigenvalue weighted by Gasteiger charge is -2.02. The zero-order chi connectivity index (χ0) is 11.3. The minimum Gasteiger partial charge on any atom is -0.466 e. The van der Waals surface area contributed by atoms with Gasteiger partial charge in [-0.25, -0.2) is 9.18 Å². The molecule has 0 unspecified atom stereocenters. The highest BCUT2D eigenvalue weighted by atomic mass is 19.1. The smallest absolute Gasteiger partial charge is 0.331 e. The van der Waals surface area contributed by atoms with E-state index in [9.17, 15) is 9.18 Å². The van der Waals surface area contributed by atoms with E-state index >= 15 is 0 Å². The number of nitrogens with one attached hydrogen (secondary N) is 1. The van der Waals surface area contributed by atoms with Crippen molar-refractivity contribution in [2.45, 2.75) is 6.92 Å². The summed E-state index contributed by atoms with van der Waals surface area (Å²) in [6, 6.07) is 4.74. The highest BCUT2D eigenvalue weighted by Crippen LogP contribution is 2.13. The number of hydrogen-bond acceptors (Lipinski definition) is 3. The minimum atomic E-state index is -0.463. The van der Waals surface area contributed by atoms with Crippen molar-refractivity contribution < 1.29 is 13.9 Å². The predicted molar refractivity (Wildman–Crippen MR) is 55.9 cm³/mol. The highest BCUT2D eigenvalue weighted by molar-refractivity contribution is 5.82. The molecule has 15 heavy (non-hydrogen) atoms. The van der Waals surface area contributed by atoms with Crippen molar-refractivity contribution in [1.82, 2.24) is 0 Å². The molecular weight excluding hydrogens is 197 g/mol.